The lowest BCUT2D eigenvalue weighted by molar-refractivity contribution is -0.699. The van der Waals surface area contributed by atoms with Gasteiger partial charge in [-0.25, -0.2) is 0 Å². The second-order valence-electron chi connectivity index (χ2n) is 9.51. The molecule has 0 radical (unpaired) electrons. The number of para-hydroxylation sites is 1. The van der Waals surface area contributed by atoms with Crippen molar-refractivity contribution in [3.63, 3.8) is 0 Å². The van der Waals surface area contributed by atoms with Gasteiger partial charge in [0.25, 0.3) is 15.7 Å². The molecule has 2 amide bonds. The number of hydrogen-bond acceptors (Lipinski definition) is 8. The molecule has 0 bridgehead atoms. The second-order valence-corrected chi connectivity index (χ2v) is 13.1. The number of carbonyl (C=O) groups excluding carboxylic acids is 2. The van der Waals surface area contributed by atoms with Crippen LogP contribution in [0.25, 0.3) is 11.1 Å². The number of thioether (sulfide) groups is 1. The first-order valence-electron chi connectivity index (χ1n) is 13.3. The standard InChI is InChI=1S/C28H32N4O6S3/c1-3-31-25(19-21-11-6-8-15-30(21)16-9-7-14-24(34)29-20(2)33)40-26(27(31)35)28-32(17-10-18-41(36,37)38)22-12-4-5-13-23(22)39-28/h4-6,8,11-13,15,19H,3,7,9-10,14,16-18H2,1-2H3,(H-,29,33,34,36,37,38)/p+1/b28-26-. The molecule has 41 heavy (non-hydrogen) atoms. The van der Waals surface area contributed by atoms with Crippen molar-refractivity contribution in [3.8, 4) is 0 Å². The Morgan fingerprint density at radius 3 is 2.59 bits per heavy atom. The summed E-state index contributed by atoms with van der Waals surface area (Å²) in [5, 5.41) is 3.04. The number of hydrogen-bond donors (Lipinski definition) is 2. The summed E-state index contributed by atoms with van der Waals surface area (Å²) in [5.74, 6) is -1.00. The molecular formula is C28H33N4O6S3+. The van der Waals surface area contributed by atoms with Crippen LogP contribution in [-0.2, 0) is 32.8 Å². The average molecular weight is 618 g/mol. The number of benzene rings is 1. The molecule has 0 fully saturated rings. The van der Waals surface area contributed by atoms with Crippen molar-refractivity contribution in [3.05, 3.63) is 73.9 Å². The van der Waals surface area contributed by atoms with Crippen LogP contribution >= 0.6 is 23.1 Å². The Morgan fingerprint density at radius 1 is 1.10 bits per heavy atom. The quantitative estimate of drug-likeness (QED) is 0.190. The van der Waals surface area contributed by atoms with Gasteiger partial charge in [-0.2, -0.15) is 13.0 Å². The summed E-state index contributed by atoms with van der Waals surface area (Å²) >= 11 is 2.88. The van der Waals surface area contributed by atoms with Gasteiger partial charge < -0.3 is 4.90 Å². The highest BCUT2D eigenvalue weighted by Crippen LogP contribution is 2.46. The molecule has 2 aromatic heterocycles. The van der Waals surface area contributed by atoms with E-state index in [4.69, 9.17) is 0 Å². The highest BCUT2D eigenvalue weighted by molar-refractivity contribution is 8.08. The van der Waals surface area contributed by atoms with Crippen LogP contribution < -0.4 is 29.5 Å². The largest absolute Gasteiger partial charge is 0.334 e. The summed E-state index contributed by atoms with van der Waals surface area (Å²) in [6, 6.07) is 13.6. The van der Waals surface area contributed by atoms with Crippen molar-refractivity contribution in [2.45, 2.75) is 57.5 Å². The Morgan fingerprint density at radius 2 is 1.85 bits per heavy atom. The Bertz CT molecular complexity index is 1730. The number of rotatable bonds is 11. The van der Waals surface area contributed by atoms with Gasteiger partial charge in [-0.3, -0.25) is 28.8 Å². The minimum atomic E-state index is -4.09. The Balaban J connectivity index is 1.67. The molecule has 4 rings (SSSR count). The van der Waals surface area contributed by atoms with E-state index >= 15 is 0 Å². The summed E-state index contributed by atoms with van der Waals surface area (Å²) in [5.41, 5.74) is 1.70. The van der Waals surface area contributed by atoms with E-state index < -0.39 is 10.1 Å². The van der Waals surface area contributed by atoms with Crippen molar-refractivity contribution in [1.29, 1.82) is 0 Å². The molecule has 1 aliphatic heterocycles. The maximum absolute atomic E-state index is 13.7. The van der Waals surface area contributed by atoms with E-state index in [-0.39, 0.29) is 36.0 Å². The Hall–Kier alpha value is -3.26. The number of anilines is 1. The predicted octanol–water partition coefficient (Wildman–Crippen LogP) is 1.83. The maximum Gasteiger partial charge on any atom is 0.271 e. The third-order valence-electron chi connectivity index (χ3n) is 6.43. The zero-order valence-electron chi connectivity index (χ0n) is 22.9. The summed E-state index contributed by atoms with van der Waals surface area (Å²) in [7, 11) is -4.09. The van der Waals surface area contributed by atoms with Gasteiger partial charge in [0.2, 0.25) is 17.5 Å². The molecule has 218 valence electrons. The molecule has 1 aliphatic rings. The molecule has 0 atom stereocenters. The number of aryl methyl sites for hydroxylation is 1. The first-order chi connectivity index (χ1) is 19.6. The van der Waals surface area contributed by atoms with Crippen LogP contribution in [0.3, 0.4) is 0 Å². The molecule has 0 aliphatic carbocycles. The van der Waals surface area contributed by atoms with Crippen molar-refractivity contribution in [2.24, 2.45) is 0 Å². The third kappa shape index (κ3) is 7.94. The fourth-order valence-electron chi connectivity index (χ4n) is 4.58. The first-order valence-corrected chi connectivity index (χ1v) is 16.6. The lowest BCUT2D eigenvalue weighted by Crippen LogP contribution is -2.38. The number of amides is 2. The molecule has 0 saturated heterocycles. The number of carbonyl (C=O) groups is 2. The zero-order valence-corrected chi connectivity index (χ0v) is 25.4. The lowest BCUT2D eigenvalue weighted by atomic mass is 10.2. The van der Waals surface area contributed by atoms with E-state index in [2.05, 4.69) is 9.88 Å². The van der Waals surface area contributed by atoms with Gasteiger partial charge in [0.05, 0.1) is 11.4 Å². The van der Waals surface area contributed by atoms with Crippen LogP contribution in [0.1, 0.15) is 45.2 Å². The second kappa shape index (κ2) is 13.6. The third-order valence-corrected chi connectivity index (χ3v) is 9.67. The van der Waals surface area contributed by atoms with Crippen LogP contribution in [0.15, 0.2) is 58.4 Å². The predicted molar refractivity (Wildman–Crippen MR) is 160 cm³/mol. The lowest BCUT2D eigenvalue weighted by Gasteiger charge is -2.19. The number of nitrogens with one attached hydrogen (secondary N) is 1. The number of unbranched alkanes of at least 4 members (excludes halogenated alkanes) is 1. The SMILES string of the molecule is CCn1c(=O)/c(=C2/Sc3ccccc3N2CCCS(=O)(=O)O)s/c1=C/c1cccc[n+]1CCCCC(=O)NC(C)=O. The summed E-state index contributed by atoms with van der Waals surface area (Å²) < 4.78 is 37.1. The monoisotopic (exact) mass is 617 g/mol. The van der Waals surface area contributed by atoms with Crippen molar-refractivity contribution >= 4 is 61.8 Å². The molecule has 10 nitrogen and oxygen atoms in total. The minimum Gasteiger partial charge on any atom is -0.334 e. The zero-order chi connectivity index (χ0) is 29.6. The van der Waals surface area contributed by atoms with Crippen molar-refractivity contribution < 1.29 is 27.1 Å². The van der Waals surface area contributed by atoms with Crippen LogP contribution in [0.2, 0.25) is 0 Å². The average Bonchev–Trinajstić information content (AvgIpc) is 3.43. The molecule has 3 aromatic rings. The molecular weight excluding hydrogens is 585 g/mol. The van der Waals surface area contributed by atoms with Gasteiger partial charge in [0.1, 0.15) is 20.8 Å². The van der Waals surface area contributed by atoms with Crippen molar-refractivity contribution in [2.75, 3.05) is 17.2 Å². The fourth-order valence-corrected chi connectivity index (χ4v) is 7.54. The molecule has 0 saturated carbocycles. The number of fused-ring (bicyclic) bond motifs is 1. The number of aromatic nitrogens is 2. The Kier molecular flexibility index (Phi) is 10.2. The van der Waals surface area contributed by atoms with Gasteiger partial charge in [0, 0.05) is 56.0 Å². The van der Waals surface area contributed by atoms with Crippen LogP contribution in [-0.4, -0.2) is 41.6 Å². The summed E-state index contributed by atoms with van der Waals surface area (Å²) in [6.07, 6.45) is 5.80. The van der Waals surface area contributed by atoms with Crippen LogP contribution in [0.4, 0.5) is 5.69 Å². The van der Waals surface area contributed by atoms with Crippen LogP contribution in [0, 0.1) is 0 Å². The highest BCUT2D eigenvalue weighted by Gasteiger charge is 2.27. The number of nitrogens with zero attached hydrogens (tertiary/aromatic N) is 3. The van der Waals surface area contributed by atoms with Crippen LogP contribution in [0.5, 0.6) is 0 Å². The highest BCUT2D eigenvalue weighted by atomic mass is 32.2. The fraction of sp³-hybridized carbons (Fsp3) is 0.357. The van der Waals surface area contributed by atoms with E-state index in [9.17, 15) is 27.4 Å². The van der Waals surface area contributed by atoms with E-state index in [0.29, 0.717) is 30.6 Å². The van der Waals surface area contributed by atoms with E-state index in [1.807, 2.05) is 66.6 Å². The topological polar surface area (TPSA) is 130 Å². The summed E-state index contributed by atoms with van der Waals surface area (Å²) in [4.78, 5) is 39.4. The van der Waals surface area contributed by atoms with Gasteiger partial charge >= 0.3 is 0 Å². The summed E-state index contributed by atoms with van der Waals surface area (Å²) in [6.45, 7) is 4.72. The molecule has 0 unspecified atom stereocenters. The normalized spacial score (nSPS) is 14.8. The van der Waals surface area contributed by atoms with Gasteiger partial charge in [-0.05, 0) is 38.0 Å². The van der Waals surface area contributed by atoms with Crippen molar-refractivity contribution in [1.82, 2.24) is 9.88 Å². The minimum absolute atomic E-state index is 0.113. The first kappa shape index (κ1) is 30.7. The van der Waals surface area contributed by atoms with Gasteiger partial charge in [-0.15, -0.1) is 11.3 Å². The molecule has 13 heteroatoms. The Labute approximate surface area is 246 Å². The van der Waals surface area contributed by atoms with E-state index in [1.165, 1.54) is 30.0 Å². The number of imide groups is 1. The van der Waals surface area contributed by atoms with E-state index in [1.54, 1.807) is 4.57 Å². The molecule has 0 spiro atoms. The maximum atomic E-state index is 13.7. The smallest absolute Gasteiger partial charge is 0.271 e. The molecule has 3 heterocycles. The number of thiazole rings is 1. The molecule has 2 N–H and O–H groups in total. The molecule has 1 aromatic carbocycles. The van der Waals surface area contributed by atoms with Gasteiger partial charge in [0.15, 0.2) is 6.20 Å². The number of pyridine rings is 1. The van der Waals surface area contributed by atoms with Gasteiger partial charge in [-0.1, -0.05) is 23.9 Å². The van der Waals surface area contributed by atoms with E-state index in [0.717, 1.165) is 32.4 Å².